The van der Waals surface area contributed by atoms with E-state index in [1.165, 1.54) is 18.4 Å². The average Bonchev–Trinajstić information content (AvgIpc) is 2.37. The molecule has 0 radical (unpaired) electrons. The largest absolute Gasteiger partial charge is 0.378 e. The molecule has 0 aliphatic carbocycles. The van der Waals surface area contributed by atoms with Crippen LogP contribution in [0.3, 0.4) is 0 Å². The van der Waals surface area contributed by atoms with Gasteiger partial charge in [0.05, 0.1) is 6.10 Å². The Balaban J connectivity index is 1.58. The number of hydrogen-bond acceptors (Lipinski definition) is 2. The minimum atomic E-state index is 0.497. The average molecular weight is 219 g/mol. The third-order valence-corrected chi connectivity index (χ3v) is 3.09. The zero-order chi connectivity index (χ0) is 11.1. The molecule has 2 rings (SSSR count). The summed E-state index contributed by atoms with van der Waals surface area (Å²) in [6, 6.07) is 10.6. The third kappa shape index (κ3) is 3.95. The summed E-state index contributed by atoms with van der Waals surface area (Å²) in [6.45, 7) is 3.13. The van der Waals surface area contributed by atoms with Crippen molar-refractivity contribution in [2.45, 2.75) is 31.8 Å². The van der Waals surface area contributed by atoms with E-state index in [-0.39, 0.29) is 0 Å². The minimum absolute atomic E-state index is 0.497. The molecule has 1 aromatic carbocycles. The zero-order valence-electron chi connectivity index (χ0n) is 9.82. The van der Waals surface area contributed by atoms with Gasteiger partial charge in [0.15, 0.2) is 0 Å². The number of aryl methyl sites for hydroxylation is 1. The molecule has 16 heavy (non-hydrogen) atoms. The molecular formula is C14H21NO. The monoisotopic (exact) mass is 219 g/mol. The van der Waals surface area contributed by atoms with Crippen LogP contribution in [-0.4, -0.2) is 25.8 Å². The van der Waals surface area contributed by atoms with Crippen molar-refractivity contribution in [2.24, 2.45) is 0 Å². The molecule has 0 saturated carbocycles. The van der Waals surface area contributed by atoms with Gasteiger partial charge in [-0.05, 0) is 44.3 Å². The van der Waals surface area contributed by atoms with Crippen molar-refractivity contribution >= 4 is 0 Å². The fraction of sp³-hybridized carbons (Fsp3) is 0.571. The lowest BCUT2D eigenvalue weighted by molar-refractivity contribution is 0.0318. The molecule has 88 valence electrons. The van der Waals surface area contributed by atoms with Gasteiger partial charge < -0.3 is 10.1 Å². The Bertz CT molecular complexity index is 280. The Hall–Kier alpha value is -0.860. The summed E-state index contributed by atoms with van der Waals surface area (Å²) in [7, 11) is 0. The van der Waals surface area contributed by atoms with E-state index >= 15 is 0 Å². The number of benzene rings is 1. The molecule has 0 unspecified atom stereocenters. The second-order valence-corrected chi connectivity index (χ2v) is 4.41. The van der Waals surface area contributed by atoms with Crippen LogP contribution in [0.4, 0.5) is 0 Å². The molecule has 2 nitrogen and oxygen atoms in total. The van der Waals surface area contributed by atoms with Crippen LogP contribution in [0.2, 0.25) is 0 Å². The maximum Gasteiger partial charge on any atom is 0.0599 e. The van der Waals surface area contributed by atoms with Crippen molar-refractivity contribution in [1.82, 2.24) is 5.32 Å². The number of piperidine rings is 1. The first kappa shape index (κ1) is 11.6. The minimum Gasteiger partial charge on any atom is -0.378 e. The first-order chi connectivity index (χ1) is 7.95. The van der Waals surface area contributed by atoms with E-state index in [1.807, 2.05) is 0 Å². The van der Waals surface area contributed by atoms with Crippen LogP contribution in [-0.2, 0) is 11.2 Å². The van der Waals surface area contributed by atoms with Crippen molar-refractivity contribution in [3.05, 3.63) is 35.9 Å². The smallest absolute Gasteiger partial charge is 0.0599 e. The summed E-state index contributed by atoms with van der Waals surface area (Å²) in [5.41, 5.74) is 1.41. The van der Waals surface area contributed by atoms with Gasteiger partial charge in [0.1, 0.15) is 0 Å². The van der Waals surface area contributed by atoms with Crippen LogP contribution in [0.5, 0.6) is 0 Å². The summed E-state index contributed by atoms with van der Waals surface area (Å²) >= 11 is 0. The Labute approximate surface area is 98.0 Å². The molecule has 1 N–H and O–H groups in total. The van der Waals surface area contributed by atoms with E-state index in [1.54, 1.807) is 0 Å². The molecule has 1 aromatic rings. The fourth-order valence-electron chi connectivity index (χ4n) is 2.13. The normalized spacial score (nSPS) is 17.5. The van der Waals surface area contributed by atoms with Crippen molar-refractivity contribution in [2.75, 3.05) is 19.7 Å². The van der Waals surface area contributed by atoms with E-state index in [0.717, 1.165) is 32.5 Å². The van der Waals surface area contributed by atoms with Crippen molar-refractivity contribution in [3.63, 3.8) is 0 Å². The van der Waals surface area contributed by atoms with Gasteiger partial charge in [-0.25, -0.2) is 0 Å². The molecule has 1 aliphatic rings. The van der Waals surface area contributed by atoms with Crippen LogP contribution >= 0.6 is 0 Å². The molecule has 2 heteroatoms. The van der Waals surface area contributed by atoms with Gasteiger partial charge in [-0.1, -0.05) is 30.3 Å². The van der Waals surface area contributed by atoms with Crippen LogP contribution < -0.4 is 5.32 Å². The maximum absolute atomic E-state index is 5.86. The van der Waals surface area contributed by atoms with Crippen molar-refractivity contribution in [1.29, 1.82) is 0 Å². The van der Waals surface area contributed by atoms with E-state index in [2.05, 4.69) is 35.6 Å². The number of nitrogens with one attached hydrogen (secondary N) is 1. The molecule has 1 heterocycles. The topological polar surface area (TPSA) is 21.3 Å². The van der Waals surface area contributed by atoms with Crippen molar-refractivity contribution < 1.29 is 4.74 Å². The Morgan fingerprint density at radius 1 is 1.12 bits per heavy atom. The lowest BCUT2D eigenvalue weighted by atomic mass is 10.1. The van der Waals surface area contributed by atoms with Gasteiger partial charge in [0.25, 0.3) is 0 Å². The molecule has 1 fully saturated rings. The van der Waals surface area contributed by atoms with Gasteiger partial charge in [0.2, 0.25) is 0 Å². The number of ether oxygens (including phenoxy) is 1. The number of rotatable bonds is 5. The molecule has 0 aromatic heterocycles. The summed E-state index contributed by atoms with van der Waals surface area (Å²) in [5, 5.41) is 3.35. The zero-order valence-corrected chi connectivity index (χ0v) is 9.82. The van der Waals surface area contributed by atoms with Crippen LogP contribution in [0.25, 0.3) is 0 Å². The van der Waals surface area contributed by atoms with Gasteiger partial charge in [-0.2, -0.15) is 0 Å². The highest BCUT2D eigenvalue weighted by Gasteiger charge is 2.12. The molecule has 1 saturated heterocycles. The highest BCUT2D eigenvalue weighted by molar-refractivity contribution is 5.14. The lowest BCUT2D eigenvalue weighted by Crippen LogP contribution is -2.32. The molecule has 1 aliphatic heterocycles. The van der Waals surface area contributed by atoms with Gasteiger partial charge in [-0.3, -0.25) is 0 Å². The van der Waals surface area contributed by atoms with E-state index < -0.39 is 0 Å². The molecule has 0 spiro atoms. The Morgan fingerprint density at radius 2 is 1.88 bits per heavy atom. The van der Waals surface area contributed by atoms with Gasteiger partial charge in [0, 0.05) is 6.61 Å². The predicted octanol–water partition coefficient (Wildman–Crippen LogP) is 2.39. The maximum atomic E-state index is 5.86. The van der Waals surface area contributed by atoms with Gasteiger partial charge >= 0.3 is 0 Å². The summed E-state index contributed by atoms with van der Waals surface area (Å²) < 4.78 is 5.86. The highest BCUT2D eigenvalue weighted by atomic mass is 16.5. The second-order valence-electron chi connectivity index (χ2n) is 4.41. The summed E-state index contributed by atoms with van der Waals surface area (Å²) in [5.74, 6) is 0. The standard InChI is InChI=1S/C14H21NO/c1-2-5-13(6-3-1)7-4-12-16-14-8-10-15-11-9-14/h1-3,5-6,14-15H,4,7-12H2. The fourth-order valence-corrected chi connectivity index (χ4v) is 2.13. The van der Waals surface area contributed by atoms with Crippen molar-refractivity contribution in [3.8, 4) is 0 Å². The third-order valence-electron chi connectivity index (χ3n) is 3.09. The predicted molar refractivity (Wildman–Crippen MR) is 66.6 cm³/mol. The Kier molecular flexibility index (Phi) is 4.84. The molecule has 0 amide bonds. The summed E-state index contributed by atoms with van der Waals surface area (Å²) in [6.07, 6.45) is 5.10. The van der Waals surface area contributed by atoms with E-state index in [9.17, 15) is 0 Å². The van der Waals surface area contributed by atoms with Crippen LogP contribution in [0, 0.1) is 0 Å². The van der Waals surface area contributed by atoms with E-state index in [4.69, 9.17) is 4.74 Å². The second kappa shape index (κ2) is 6.66. The molecule has 0 bridgehead atoms. The quantitative estimate of drug-likeness (QED) is 0.768. The molecular weight excluding hydrogens is 198 g/mol. The van der Waals surface area contributed by atoms with Crippen LogP contribution in [0.1, 0.15) is 24.8 Å². The number of hydrogen-bond donors (Lipinski definition) is 1. The van der Waals surface area contributed by atoms with Gasteiger partial charge in [-0.15, -0.1) is 0 Å². The lowest BCUT2D eigenvalue weighted by Gasteiger charge is -2.22. The van der Waals surface area contributed by atoms with Crippen LogP contribution in [0.15, 0.2) is 30.3 Å². The SMILES string of the molecule is c1ccc(CCCOC2CCNCC2)cc1. The first-order valence-electron chi connectivity index (χ1n) is 6.31. The Morgan fingerprint density at radius 3 is 2.62 bits per heavy atom. The molecule has 0 atom stereocenters. The first-order valence-corrected chi connectivity index (χ1v) is 6.31. The van der Waals surface area contributed by atoms with E-state index in [0.29, 0.717) is 6.10 Å². The summed E-state index contributed by atoms with van der Waals surface area (Å²) in [4.78, 5) is 0. The highest BCUT2D eigenvalue weighted by Crippen LogP contribution is 2.09.